The summed E-state index contributed by atoms with van der Waals surface area (Å²) in [5, 5.41) is 10.2. The van der Waals surface area contributed by atoms with Crippen LogP contribution < -0.4 is 0 Å². The standard InChI is InChI=1S/C14H15FOS/c1-3-10-7-8-12(17-10)14(16)11-6-4-5-9(2)13(11)15/h4-8,14,16H,3H2,1-2H3. The van der Waals surface area contributed by atoms with Crippen molar-refractivity contribution in [2.24, 2.45) is 0 Å². The third kappa shape index (κ3) is 2.40. The maximum Gasteiger partial charge on any atom is 0.132 e. The summed E-state index contributed by atoms with van der Waals surface area (Å²) >= 11 is 1.53. The molecular formula is C14H15FOS. The third-order valence-corrected chi connectivity index (χ3v) is 4.10. The van der Waals surface area contributed by atoms with Crippen LogP contribution in [0.2, 0.25) is 0 Å². The van der Waals surface area contributed by atoms with E-state index in [4.69, 9.17) is 0 Å². The highest BCUT2D eigenvalue weighted by atomic mass is 32.1. The molecule has 0 fully saturated rings. The number of halogens is 1. The zero-order valence-corrected chi connectivity index (χ0v) is 10.7. The molecule has 1 aromatic heterocycles. The fourth-order valence-electron chi connectivity index (χ4n) is 1.77. The second-order valence-corrected chi connectivity index (χ2v) is 5.24. The molecule has 0 aliphatic heterocycles. The Hall–Kier alpha value is -1.19. The maximum atomic E-state index is 13.9. The molecule has 0 bridgehead atoms. The fourth-order valence-corrected chi connectivity index (χ4v) is 2.72. The first kappa shape index (κ1) is 12.3. The van der Waals surface area contributed by atoms with Crippen molar-refractivity contribution >= 4 is 11.3 Å². The summed E-state index contributed by atoms with van der Waals surface area (Å²) in [6.07, 6.45) is 0.0773. The zero-order chi connectivity index (χ0) is 12.4. The second kappa shape index (κ2) is 4.98. The number of thiophene rings is 1. The van der Waals surface area contributed by atoms with Crippen molar-refractivity contribution in [3.8, 4) is 0 Å². The van der Waals surface area contributed by atoms with Gasteiger partial charge in [0.05, 0.1) is 0 Å². The third-order valence-electron chi connectivity index (χ3n) is 2.82. The highest BCUT2D eigenvalue weighted by Gasteiger charge is 2.17. The van der Waals surface area contributed by atoms with Crippen LogP contribution in [-0.2, 0) is 6.42 Å². The molecular weight excluding hydrogens is 235 g/mol. The Bertz CT molecular complexity index is 519. The van der Waals surface area contributed by atoms with Crippen molar-refractivity contribution in [1.82, 2.24) is 0 Å². The Morgan fingerprint density at radius 2 is 2.06 bits per heavy atom. The molecule has 1 nitrogen and oxygen atoms in total. The number of rotatable bonds is 3. The predicted molar refractivity (Wildman–Crippen MR) is 68.9 cm³/mol. The zero-order valence-electron chi connectivity index (χ0n) is 9.90. The van der Waals surface area contributed by atoms with Gasteiger partial charge in [0.1, 0.15) is 11.9 Å². The topological polar surface area (TPSA) is 20.2 Å². The summed E-state index contributed by atoms with van der Waals surface area (Å²) in [6, 6.07) is 8.97. The van der Waals surface area contributed by atoms with Crippen molar-refractivity contribution < 1.29 is 9.50 Å². The van der Waals surface area contributed by atoms with E-state index >= 15 is 0 Å². The van der Waals surface area contributed by atoms with E-state index in [2.05, 4.69) is 6.92 Å². The molecule has 0 aliphatic carbocycles. The van der Waals surface area contributed by atoms with Gasteiger partial charge in [-0.25, -0.2) is 4.39 Å². The lowest BCUT2D eigenvalue weighted by atomic mass is 10.0. The largest absolute Gasteiger partial charge is 0.383 e. The van der Waals surface area contributed by atoms with E-state index in [1.54, 1.807) is 25.1 Å². The van der Waals surface area contributed by atoms with Crippen molar-refractivity contribution in [3.05, 3.63) is 57.0 Å². The molecule has 0 amide bonds. The predicted octanol–water partition coefficient (Wildman–Crippen LogP) is 3.84. The van der Waals surface area contributed by atoms with Gasteiger partial charge in [-0.15, -0.1) is 11.3 Å². The molecule has 1 unspecified atom stereocenters. The highest BCUT2D eigenvalue weighted by molar-refractivity contribution is 7.12. The summed E-state index contributed by atoms with van der Waals surface area (Å²) in [7, 11) is 0. The van der Waals surface area contributed by atoms with E-state index in [0.29, 0.717) is 11.1 Å². The van der Waals surface area contributed by atoms with Crippen LogP contribution in [0.3, 0.4) is 0 Å². The van der Waals surface area contributed by atoms with Crippen LogP contribution in [0.25, 0.3) is 0 Å². The van der Waals surface area contributed by atoms with Crippen LogP contribution in [0.1, 0.15) is 33.9 Å². The second-order valence-electron chi connectivity index (χ2n) is 4.04. The number of hydrogen-bond acceptors (Lipinski definition) is 2. The lowest BCUT2D eigenvalue weighted by Gasteiger charge is -2.11. The van der Waals surface area contributed by atoms with E-state index in [1.807, 2.05) is 12.1 Å². The van der Waals surface area contributed by atoms with Gasteiger partial charge >= 0.3 is 0 Å². The molecule has 1 atom stereocenters. The number of aliphatic hydroxyl groups is 1. The van der Waals surface area contributed by atoms with Crippen molar-refractivity contribution in [1.29, 1.82) is 0 Å². The maximum absolute atomic E-state index is 13.9. The number of aliphatic hydroxyl groups excluding tert-OH is 1. The first-order chi connectivity index (χ1) is 8.13. The number of aryl methyl sites for hydroxylation is 2. The summed E-state index contributed by atoms with van der Waals surface area (Å²) in [6.45, 7) is 3.77. The summed E-state index contributed by atoms with van der Waals surface area (Å²) < 4.78 is 13.9. The Morgan fingerprint density at radius 3 is 2.71 bits per heavy atom. The van der Waals surface area contributed by atoms with Crippen LogP contribution in [0.15, 0.2) is 30.3 Å². The number of hydrogen-bond donors (Lipinski definition) is 1. The Kier molecular flexibility index (Phi) is 3.60. The van der Waals surface area contributed by atoms with E-state index in [1.165, 1.54) is 16.2 Å². The quantitative estimate of drug-likeness (QED) is 0.877. The lowest BCUT2D eigenvalue weighted by Crippen LogP contribution is -2.01. The van der Waals surface area contributed by atoms with Crippen molar-refractivity contribution in [2.75, 3.05) is 0 Å². The Morgan fingerprint density at radius 1 is 1.29 bits per heavy atom. The number of benzene rings is 1. The minimum Gasteiger partial charge on any atom is -0.383 e. The molecule has 2 aromatic rings. The van der Waals surface area contributed by atoms with Crippen LogP contribution in [0.5, 0.6) is 0 Å². The van der Waals surface area contributed by atoms with Crippen molar-refractivity contribution in [2.45, 2.75) is 26.4 Å². The highest BCUT2D eigenvalue weighted by Crippen LogP contribution is 2.30. The minimum atomic E-state index is -0.861. The molecule has 0 saturated carbocycles. The average molecular weight is 250 g/mol. The monoisotopic (exact) mass is 250 g/mol. The Labute approximate surface area is 105 Å². The van der Waals surface area contributed by atoms with E-state index < -0.39 is 6.10 Å². The van der Waals surface area contributed by atoms with Gasteiger partial charge in [-0.05, 0) is 31.0 Å². The summed E-state index contributed by atoms with van der Waals surface area (Å²) in [5.41, 5.74) is 0.920. The Balaban J connectivity index is 2.36. The molecule has 1 heterocycles. The first-order valence-corrected chi connectivity index (χ1v) is 6.46. The molecule has 3 heteroatoms. The SMILES string of the molecule is CCc1ccc(C(O)c2cccc(C)c2F)s1. The molecule has 90 valence electrons. The van der Waals surface area contributed by atoms with Crippen molar-refractivity contribution in [3.63, 3.8) is 0 Å². The van der Waals surface area contributed by atoms with Gasteiger partial charge < -0.3 is 5.11 Å². The average Bonchev–Trinajstić information content (AvgIpc) is 2.80. The van der Waals surface area contributed by atoms with Crippen LogP contribution >= 0.6 is 11.3 Å². The minimum absolute atomic E-state index is 0.313. The lowest BCUT2D eigenvalue weighted by molar-refractivity contribution is 0.218. The van der Waals surface area contributed by atoms with E-state index in [-0.39, 0.29) is 5.82 Å². The van der Waals surface area contributed by atoms with Gasteiger partial charge in [0.25, 0.3) is 0 Å². The smallest absolute Gasteiger partial charge is 0.132 e. The van der Waals surface area contributed by atoms with Gasteiger partial charge in [-0.1, -0.05) is 25.1 Å². The summed E-state index contributed by atoms with van der Waals surface area (Å²) in [4.78, 5) is 2.00. The van der Waals surface area contributed by atoms with E-state index in [0.717, 1.165) is 11.3 Å². The van der Waals surface area contributed by atoms with Gasteiger partial charge in [-0.3, -0.25) is 0 Å². The van der Waals surface area contributed by atoms with E-state index in [9.17, 15) is 9.50 Å². The molecule has 0 saturated heterocycles. The fraction of sp³-hybridized carbons (Fsp3) is 0.286. The molecule has 0 aliphatic rings. The molecule has 2 rings (SSSR count). The van der Waals surface area contributed by atoms with Gasteiger partial charge in [0.15, 0.2) is 0 Å². The normalized spacial score (nSPS) is 12.7. The van der Waals surface area contributed by atoms with Crippen LogP contribution in [0.4, 0.5) is 4.39 Å². The molecule has 17 heavy (non-hydrogen) atoms. The van der Waals surface area contributed by atoms with Crippen LogP contribution in [-0.4, -0.2) is 5.11 Å². The van der Waals surface area contributed by atoms with Gasteiger partial charge in [-0.2, -0.15) is 0 Å². The van der Waals surface area contributed by atoms with Crippen LogP contribution in [0, 0.1) is 12.7 Å². The molecule has 0 spiro atoms. The molecule has 1 aromatic carbocycles. The van der Waals surface area contributed by atoms with Gasteiger partial charge in [0.2, 0.25) is 0 Å². The first-order valence-electron chi connectivity index (χ1n) is 5.65. The summed E-state index contributed by atoms with van der Waals surface area (Å²) in [5.74, 6) is -0.313. The molecule has 0 radical (unpaired) electrons. The van der Waals surface area contributed by atoms with Gasteiger partial charge in [0, 0.05) is 15.3 Å². The molecule has 1 N–H and O–H groups in total.